The number of benzene rings is 2. The summed E-state index contributed by atoms with van der Waals surface area (Å²) < 4.78 is 78.2. The van der Waals surface area contributed by atoms with Gasteiger partial charge in [0.1, 0.15) is 5.82 Å². The van der Waals surface area contributed by atoms with Gasteiger partial charge in [-0.05, 0) is 36.4 Å². The van der Waals surface area contributed by atoms with Crippen molar-refractivity contribution in [1.29, 1.82) is 0 Å². The fourth-order valence-corrected chi connectivity index (χ4v) is 2.90. The van der Waals surface area contributed by atoms with Gasteiger partial charge in [0.2, 0.25) is 5.82 Å². The van der Waals surface area contributed by atoms with E-state index in [9.17, 15) is 26.3 Å². The van der Waals surface area contributed by atoms with Crippen molar-refractivity contribution in [3.05, 3.63) is 78.2 Å². The SMILES string of the molecule is FC(F)(F)c1ccc(Nc2cc(-c3ccc4cccnc4c3)nc(C(F)(F)F)n2)cc1. The molecule has 10 heteroatoms. The molecule has 0 spiro atoms. The van der Waals surface area contributed by atoms with Crippen molar-refractivity contribution in [2.45, 2.75) is 12.4 Å². The predicted molar refractivity (Wildman–Crippen MR) is 102 cm³/mol. The van der Waals surface area contributed by atoms with Gasteiger partial charge in [0, 0.05) is 28.9 Å². The van der Waals surface area contributed by atoms with E-state index in [1.165, 1.54) is 6.07 Å². The summed E-state index contributed by atoms with van der Waals surface area (Å²) in [6, 6.07) is 13.6. The molecule has 2 heterocycles. The van der Waals surface area contributed by atoms with Crippen LogP contribution in [-0.2, 0) is 12.4 Å². The number of nitrogens with zero attached hydrogens (tertiary/aromatic N) is 3. The molecule has 0 amide bonds. The molecule has 2 aromatic heterocycles. The van der Waals surface area contributed by atoms with Crippen molar-refractivity contribution in [2.75, 3.05) is 5.32 Å². The second-order valence-corrected chi connectivity index (χ2v) is 6.57. The number of halogens is 6. The van der Waals surface area contributed by atoms with E-state index < -0.39 is 23.7 Å². The van der Waals surface area contributed by atoms with Crippen molar-refractivity contribution in [2.24, 2.45) is 0 Å². The van der Waals surface area contributed by atoms with E-state index in [4.69, 9.17) is 0 Å². The number of alkyl halides is 6. The highest BCUT2D eigenvalue weighted by molar-refractivity contribution is 5.83. The van der Waals surface area contributed by atoms with Gasteiger partial charge in [-0.2, -0.15) is 26.3 Å². The normalized spacial score (nSPS) is 12.2. The molecule has 4 aromatic rings. The maximum Gasteiger partial charge on any atom is 0.451 e. The third-order valence-electron chi connectivity index (χ3n) is 4.37. The minimum Gasteiger partial charge on any atom is -0.340 e. The molecule has 0 aliphatic carbocycles. The summed E-state index contributed by atoms with van der Waals surface area (Å²) in [5, 5.41) is 3.41. The lowest BCUT2D eigenvalue weighted by atomic mass is 10.1. The third-order valence-corrected chi connectivity index (χ3v) is 4.37. The van der Waals surface area contributed by atoms with Gasteiger partial charge in [-0.15, -0.1) is 0 Å². The molecule has 0 atom stereocenters. The number of hydrogen-bond donors (Lipinski definition) is 1. The van der Waals surface area contributed by atoms with Crippen LogP contribution in [0.15, 0.2) is 66.9 Å². The summed E-state index contributed by atoms with van der Waals surface area (Å²) in [7, 11) is 0. The first-order valence-electron chi connectivity index (χ1n) is 8.85. The van der Waals surface area contributed by atoms with E-state index in [1.807, 2.05) is 6.07 Å². The summed E-state index contributed by atoms with van der Waals surface area (Å²) >= 11 is 0. The second kappa shape index (κ2) is 7.53. The first-order valence-corrected chi connectivity index (χ1v) is 8.85. The van der Waals surface area contributed by atoms with E-state index in [0.29, 0.717) is 11.1 Å². The van der Waals surface area contributed by atoms with Crippen LogP contribution in [-0.4, -0.2) is 15.0 Å². The maximum absolute atomic E-state index is 13.3. The first-order chi connectivity index (χ1) is 14.6. The Morgan fingerprint density at radius 2 is 1.48 bits per heavy atom. The number of anilines is 2. The van der Waals surface area contributed by atoms with Gasteiger partial charge < -0.3 is 5.32 Å². The molecule has 0 aliphatic heterocycles. The maximum atomic E-state index is 13.3. The lowest BCUT2D eigenvalue weighted by Gasteiger charge is -2.13. The number of aromatic nitrogens is 3. The van der Waals surface area contributed by atoms with E-state index in [0.717, 1.165) is 29.7 Å². The molecule has 31 heavy (non-hydrogen) atoms. The van der Waals surface area contributed by atoms with Crippen LogP contribution in [0, 0.1) is 0 Å². The highest BCUT2D eigenvalue weighted by Crippen LogP contribution is 2.33. The van der Waals surface area contributed by atoms with Crippen LogP contribution >= 0.6 is 0 Å². The first kappa shape index (κ1) is 20.6. The number of hydrogen-bond acceptors (Lipinski definition) is 4. The number of nitrogens with one attached hydrogen (secondary N) is 1. The lowest BCUT2D eigenvalue weighted by molar-refractivity contribution is -0.144. The average Bonchev–Trinajstić information content (AvgIpc) is 2.72. The lowest BCUT2D eigenvalue weighted by Crippen LogP contribution is -2.13. The van der Waals surface area contributed by atoms with Crippen LogP contribution in [0.4, 0.5) is 37.8 Å². The zero-order chi connectivity index (χ0) is 22.2. The van der Waals surface area contributed by atoms with Crippen molar-refractivity contribution in [3.63, 3.8) is 0 Å². The molecule has 0 unspecified atom stereocenters. The predicted octanol–water partition coefficient (Wildman–Crippen LogP) is 6.47. The van der Waals surface area contributed by atoms with Gasteiger partial charge in [0.05, 0.1) is 16.8 Å². The Balaban J connectivity index is 1.74. The van der Waals surface area contributed by atoms with Gasteiger partial charge in [-0.3, -0.25) is 4.98 Å². The van der Waals surface area contributed by atoms with E-state index in [1.54, 1.807) is 30.5 Å². The Bertz CT molecular complexity index is 1230. The molecule has 0 saturated heterocycles. The van der Waals surface area contributed by atoms with Crippen LogP contribution < -0.4 is 5.32 Å². The molecular formula is C21H12F6N4. The van der Waals surface area contributed by atoms with Gasteiger partial charge in [-0.1, -0.05) is 18.2 Å². The molecule has 0 saturated carbocycles. The van der Waals surface area contributed by atoms with Gasteiger partial charge in [0.25, 0.3) is 0 Å². The molecule has 1 N–H and O–H groups in total. The van der Waals surface area contributed by atoms with Crippen molar-refractivity contribution < 1.29 is 26.3 Å². The highest BCUT2D eigenvalue weighted by Gasteiger charge is 2.35. The molecular weight excluding hydrogens is 422 g/mol. The topological polar surface area (TPSA) is 50.7 Å². The quantitative estimate of drug-likeness (QED) is 0.376. The fraction of sp³-hybridized carbons (Fsp3) is 0.0952. The minimum atomic E-state index is -4.82. The van der Waals surface area contributed by atoms with Gasteiger partial charge >= 0.3 is 12.4 Å². The van der Waals surface area contributed by atoms with Crippen molar-refractivity contribution in [1.82, 2.24) is 15.0 Å². The van der Waals surface area contributed by atoms with Crippen LogP contribution in [0.1, 0.15) is 11.4 Å². The smallest absolute Gasteiger partial charge is 0.340 e. The zero-order valence-corrected chi connectivity index (χ0v) is 15.5. The number of rotatable bonds is 3. The zero-order valence-electron chi connectivity index (χ0n) is 15.5. The average molecular weight is 434 g/mol. The Morgan fingerprint density at radius 1 is 0.742 bits per heavy atom. The van der Waals surface area contributed by atoms with Crippen LogP contribution in [0.2, 0.25) is 0 Å². The molecule has 4 nitrogen and oxygen atoms in total. The standard InChI is InChI=1S/C21H12F6N4/c22-20(23,24)14-5-7-15(8-6-14)29-18-11-17(30-19(31-18)21(25,26)27)13-4-3-12-2-1-9-28-16(12)10-13/h1-11H,(H,29,30,31). The number of fused-ring (bicyclic) bond motifs is 1. The highest BCUT2D eigenvalue weighted by atomic mass is 19.4. The van der Waals surface area contributed by atoms with Crippen molar-refractivity contribution in [3.8, 4) is 11.3 Å². The number of pyridine rings is 1. The van der Waals surface area contributed by atoms with Gasteiger partial charge in [-0.25, -0.2) is 9.97 Å². The van der Waals surface area contributed by atoms with Crippen molar-refractivity contribution >= 4 is 22.4 Å². The van der Waals surface area contributed by atoms with Gasteiger partial charge in [0.15, 0.2) is 0 Å². The van der Waals surface area contributed by atoms with E-state index in [-0.39, 0.29) is 17.2 Å². The second-order valence-electron chi connectivity index (χ2n) is 6.57. The minimum absolute atomic E-state index is 0.00992. The molecule has 0 aliphatic rings. The Labute approximate surface area is 171 Å². The van der Waals surface area contributed by atoms with Crippen LogP contribution in [0.5, 0.6) is 0 Å². The Kier molecular flexibility index (Phi) is 5.00. The van der Waals surface area contributed by atoms with Crippen LogP contribution in [0.25, 0.3) is 22.2 Å². The van der Waals surface area contributed by atoms with Crippen LogP contribution in [0.3, 0.4) is 0 Å². The Morgan fingerprint density at radius 3 is 2.16 bits per heavy atom. The molecule has 2 aromatic carbocycles. The summed E-state index contributed by atoms with van der Waals surface area (Å²) in [5.74, 6) is -1.58. The summed E-state index contributed by atoms with van der Waals surface area (Å²) in [6.07, 6.45) is -7.78. The molecule has 0 radical (unpaired) electrons. The molecule has 158 valence electrons. The Hall–Kier alpha value is -3.69. The summed E-state index contributed by atoms with van der Waals surface area (Å²) in [4.78, 5) is 11.3. The molecule has 0 fully saturated rings. The summed E-state index contributed by atoms with van der Waals surface area (Å²) in [5.41, 5.74) is 0.218. The molecule has 0 bridgehead atoms. The monoisotopic (exact) mass is 434 g/mol. The third kappa shape index (κ3) is 4.57. The van der Waals surface area contributed by atoms with E-state index in [2.05, 4.69) is 20.3 Å². The largest absolute Gasteiger partial charge is 0.451 e. The fourth-order valence-electron chi connectivity index (χ4n) is 2.90. The van der Waals surface area contributed by atoms with E-state index >= 15 is 0 Å². The summed E-state index contributed by atoms with van der Waals surface area (Å²) in [6.45, 7) is 0. The molecule has 4 rings (SSSR count).